The molecule has 0 saturated carbocycles. The Bertz CT molecular complexity index is 1060. The number of amides is 1. The van der Waals surface area contributed by atoms with E-state index in [0.29, 0.717) is 28.9 Å². The van der Waals surface area contributed by atoms with Crippen molar-refractivity contribution in [1.82, 2.24) is 19.6 Å². The van der Waals surface area contributed by atoms with Crippen LogP contribution in [0, 0.1) is 11.3 Å². The van der Waals surface area contributed by atoms with Crippen LogP contribution in [0.2, 0.25) is 16.9 Å². The molecular formula is C28H39BCl2N4O2. The summed E-state index contributed by atoms with van der Waals surface area (Å²) in [4.78, 5) is 25.0. The molecule has 2 aliphatic heterocycles. The molecule has 0 spiro atoms. The smallest absolute Gasteiger partial charge is 0.376 e. The van der Waals surface area contributed by atoms with E-state index < -0.39 is 7.05 Å². The van der Waals surface area contributed by atoms with E-state index in [4.69, 9.17) is 28.2 Å². The summed E-state index contributed by atoms with van der Waals surface area (Å²) in [7, 11) is -0.419. The van der Waals surface area contributed by atoms with Crippen LogP contribution in [0.25, 0.3) is 0 Å². The second kappa shape index (κ2) is 12.0. The van der Waals surface area contributed by atoms with Gasteiger partial charge in [0.05, 0.1) is 21.8 Å². The van der Waals surface area contributed by atoms with Gasteiger partial charge in [-0.25, -0.2) is 0 Å². The summed E-state index contributed by atoms with van der Waals surface area (Å²) in [6.07, 6.45) is 4.31. The zero-order valence-electron chi connectivity index (χ0n) is 22.4. The SMILES string of the molecule is CB(O)N1CCC(CC(=O)N2CCN(C(c3ccc(Cl)c(Cl)c3)c3ccccn3)C[C@@H]2C(C)(C)C)CC1. The quantitative estimate of drug-likeness (QED) is 0.503. The van der Waals surface area contributed by atoms with E-state index in [0.717, 1.165) is 50.3 Å². The number of hydrogen-bond donors (Lipinski definition) is 1. The number of piperidine rings is 1. The largest absolute Gasteiger partial charge is 0.437 e. The summed E-state index contributed by atoms with van der Waals surface area (Å²) in [5.74, 6) is 0.623. The first-order valence-electron chi connectivity index (χ1n) is 13.4. The number of nitrogens with zero attached hydrogens (tertiary/aromatic N) is 4. The summed E-state index contributed by atoms with van der Waals surface area (Å²) in [6.45, 7) is 12.3. The van der Waals surface area contributed by atoms with Crippen LogP contribution in [0.5, 0.6) is 0 Å². The second-order valence-corrected chi connectivity index (χ2v) is 12.4. The van der Waals surface area contributed by atoms with Crippen molar-refractivity contribution in [3.8, 4) is 0 Å². The molecule has 200 valence electrons. The summed E-state index contributed by atoms with van der Waals surface area (Å²) in [5, 5.41) is 10.9. The van der Waals surface area contributed by atoms with Gasteiger partial charge in [0.15, 0.2) is 0 Å². The zero-order valence-corrected chi connectivity index (χ0v) is 23.9. The monoisotopic (exact) mass is 544 g/mol. The van der Waals surface area contributed by atoms with Crippen molar-refractivity contribution in [2.45, 2.75) is 58.9 Å². The number of pyridine rings is 1. The molecule has 2 fully saturated rings. The lowest BCUT2D eigenvalue weighted by molar-refractivity contribution is -0.141. The molecule has 0 radical (unpaired) electrons. The third-order valence-electron chi connectivity index (χ3n) is 7.97. The maximum Gasteiger partial charge on any atom is 0.376 e. The van der Waals surface area contributed by atoms with Gasteiger partial charge in [-0.2, -0.15) is 0 Å². The number of piperazine rings is 1. The number of benzene rings is 1. The molecule has 2 aromatic rings. The molecule has 1 amide bonds. The predicted molar refractivity (Wildman–Crippen MR) is 152 cm³/mol. The number of hydrogen-bond acceptors (Lipinski definition) is 5. The number of aromatic nitrogens is 1. The Morgan fingerprint density at radius 2 is 1.84 bits per heavy atom. The topological polar surface area (TPSA) is 59.9 Å². The van der Waals surface area contributed by atoms with Crippen molar-refractivity contribution in [3.05, 3.63) is 63.9 Å². The second-order valence-electron chi connectivity index (χ2n) is 11.6. The standard InChI is InChI=1S/C28H39BCl2N4O2/c1-28(2,3)25-19-33(15-16-35(25)26(36)17-20-10-13-34(14-11-20)29(4)37)27(24-7-5-6-12-32-24)21-8-9-22(30)23(31)18-21/h5-9,12,18,20,25,27,37H,10-11,13-17,19H2,1-4H3/t25-,27?/m1/s1. The minimum Gasteiger partial charge on any atom is -0.437 e. The molecule has 1 N–H and O–H groups in total. The molecule has 9 heteroatoms. The van der Waals surface area contributed by atoms with E-state index >= 15 is 0 Å². The van der Waals surface area contributed by atoms with Gasteiger partial charge < -0.3 is 14.7 Å². The highest BCUT2D eigenvalue weighted by Crippen LogP contribution is 2.37. The number of rotatable bonds is 6. The van der Waals surface area contributed by atoms with Crippen molar-refractivity contribution >= 4 is 36.2 Å². The fourth-order valence-corrected chi connectivity index (χ4v) is 6.07. The van der Waals surface area contributed by atoms with Gasteiger partial charge in [-0.3, -0.25) is 14.7 Å². The van der Waals surface area contributed by atoms with Crippen LogP contribution in [0.3, 0.4) is 0 Å². The van der Waals surface area contributed by atoms with Gasteiger partial charge in [-0.05, 0) is 73.9 Å². The molecule has 1 aromatic carbocycles. The Kier molecular flexibility index (Phi) is 9.23. The van der Waals surface area contributed by atoms with Crippen molar-refractivity contribution in [3.63, 3.8) is 0 Å². The molecule has 1 aromatic heterocycles. The Hall–Kier alpha value is -1.64. The Balaban J connectivity index is 1.53. The van der Waals surface area contributed by atoms with Gasteiger partial charge in [0.1, 0.15) is 0 Å². The zero-order chi connectivity index (χ0) is 26.7. The van der Waals surface area contributed by atoms with Crippen LogP contribution in [0.4, 0.5) is 0 Å². The highest BCUT2D eigenvalue weighted by atomic mass is 35.5. The molecule has 3 heterocycles. The van der Waals surface area contributed by atoms with E-state index in [2.05, 4.69) is 41.4 Å². The first kappa shape index (κ1) is 28.4. The highest BCUT2D eigenvalue weighted by molar-refractivity contribution is 6.45. The third-order valence-corrected chi connectivity index (χ3v) is 8.70. The van der Waals surface area contributed by atoms with Crippen LogP contribution in [0.15, 0.2) is 42.6 Å². The lowest BCUT2D eigenvalue weighted by Gasteiger charge is -2.49. The normalized spacial score (nSPS) is 21.2. The summed E-state index contributed by atoms with van der Waals surface area (Å²) < 4.78 is 0. The van der Waals surface area contributed by atoms with Crippen molar-refractivity contribution in [2.24, 2.45) is 11.3 Å². The maximum atomic E-state index is 13.6. The van der Waals surface area contributed by atoms with Gasteiger partial charge in [-0.15, -0.1) is 0 Å². The molecule has 2 saturated heterocycles. The fourth-order valence-electron chi connectivity index (χ4n) is 5.76. The average Bonchev–Trinajstić information content (AvgIpc) is 2.86. The van der Waals surface area contributed by atoms with Crippen LogP contribution >= 0.6 is 23.2 Å². The molecule has 1 unspecified atom stereocenters. The minimum absolute atomic E-state index is 0.0697. The molecule has 4 rings (SSSR count). The Morgan fingerprint density at radius 3 is 2.43 bits per heavy atom. The van der Waals surface area contributed by atoms with Gasteiger partial charge >= 0.3 is 7.05 Å². The summed E-state index contributed by atoms with van der Waals surface area (Å²) in [5.41, 5.74) is 1.92. The van der Waals surface area contributed by atoms with Crippen LogP contribution in [0.1, 0.15) is 57.3 Å². The van der Waals surface area contributed by atoms with Gasteiger partial charge in [0, 0.05) is 38.3 Å². The van der Waals surface area contributed by atoms with Crippen LogP contribution in [-0.2, 0) is 4.79 Å². The summed E-state index contributed by atoms with van der Waals surface area (Å²) >= 11 is 12.7. The van der Waals surface area contributed by atoms with E-state index in [1.165, 1.54) is 0 Å². The highest BCUT2D eigenvalue weighted by Gasteiger charge is 2.41. The molecular weight excluding hydrogens is 506 g/mol. The fraction of sp³-hybridized carbons (Fsp3) is 0.571. The van der Waals surface area contributed by atoms with Crippen molar-refractivity contribution in [1.29, 1.82) is 0 Å². The predicted octanol–water partition coefficient (Wildman–Crippen LogP) is 5.25. The van der Waals surface area contributed by atoms with Gasteiger partial charge in [-0.1, -0.05) is 56.1 Å². The average molecular weight is 545 g/mol. The van der Waals surface area contributed by atoms with Crippen molar-refractivity contribution in [2.75, 3.05) is 32.7 Å². The lowest BCUT2D eigenvalue weighted by Crippen LogP contribution is -2.60. The Labute approximate surface area is 232 Å². The van der Waals surface area contributed by atoms with E-state index in [1.54, 1.807) is 0 Å². The van der Waals surface area contributed by atoms with Gasteiger partial charge in [0.2, 0.25) is 5.91 Å². The first-order valence-corrected chi connectivity index (χ1v) is 14.1. The molecule has 0 bridgehead atoms. The molecule has 6 nitrogen and oxygen atoms in total. The van der Waals surface area contributed by atoms with E-state index in [9.17, 15) is 9.82 Å². The molecule has 2 atom stereocenters. The van der Waals surface area contributed by atoms with Gasteiger partial charge in [0.25, 0.3) is 0 Å². The first-order chi connectivity index (χ1) is 17.5. The lowest BCUT2D eigenvalue weighted by atomic mass is 9.80. The molecule has 0 aliphatic carbocycles. The maximum absolute atomic E-state index is 13.6. The number of carbonyl (C=O) groups excluding carboxylic acids is 1. The van der Waals surface area contributed by atoms with Crippen LogP contribution < -0.4 is 0 Å². The Morgan fingerprint density at radius 1 is 1.11 bits per heavy atom. The van der Waals surface area contributed by atoms with E-state index in [1.807, 2.05) is 43.4 Å². The summed E-state index contributed by atoms with van der Waals surface area (Å²) in [6, 6.07) is 11.8. The number of carbonyl (C=O) groups is 1. The van der Waals surface area contributed by atoms with E-state index in [-0.39, 0.29) is 23.4 Å². The van der Waals surface area contributed by atoms with Crippen LogP contribution in [-0.4, -0.2) is 76.3 Å². The van der Waals surface area contributed by atoms with Crippen molar-refractivity contribution < 1.29 is 9.82 Å². The minimum atomic E-state index is -0.419. The third kappa shape index (κ3) is 6.87. The number of halogens is 2. The molecule has 2 aliphatic rings. The molecule has 37 heavy (non-hydrogen) atoms.